The zero-order valence-electron chi connectivity index (χ0n) is 4.18. The van der Waals surface area contributed by atoms with Crippen LogP contribution in [0.2, 0.25) is 0 Å². The van der Waals surface area contributed by atoms with Gasteiger partial charge in [-0.1, -0.05) is 0 Å². The second-order valence-electron chi connectivity index (χ2n) is 0.964. The third kappa shape index (κ3) is 2.82. The van der Waals surface area contributed by atoms with Gasteiger partial charge in [-0.15, -0.1) is 0 Å². The number of rotatable bonds is 1. The third-order valence-corrected chi connectivity index (χ3v) is 0.480. The minimum Gasteiger partial charge on any atom is -0.289 e. The van der Waals surface area contributed by atoms with Gasteiger partial charge in [0.2, 0.25) is 0 Å². The minimum atomic E-state index is 0.523. The first-order valence-electron chi connectivity index (χ1n) is 1.81. The molecule has 0 aromatic carbocycles. The van der Waals surface area contributed by atoms with Gasteiger partial charge in [-0.3, -0.25) is 5.41 Å². The number of amidine groups is 1. The van der Waals surface area contributed by atoms with E-state index < -0.39 is 0 Å². The Morgan fingerprint density at radius 2 is 2.43 bits per heavy atom. The molecule has 0 aliphatic rings. The normalized spacial score (nSPS) is 10.7. The van der Waals surface area contributed by atoms with Gasteiger partial charge in [-0.2, -0.15) is 0 Å². The van der Waals surface area contributed by atoms with Crippen molar-refractivity contribution < 1.29 is 0 Å². The van der Waals surface area contributed by atoms with Gasteiger partial charge in [0.1, 0.15) is 12.2 Å². The summed E-state index contributed by atoms with van der Waals surface area (Å²) in [4.78, 5) is 6.90. The lowest BCUT2D eigenvalue weighted by atomic mass is 10.7. The molecule has 1 N–H and O–H groups in total. The summed E-state index contributed by atoms with van der Waals surface area (Å²) >= 11 is 0. The Labute approximate surface area is 42.3 Å². The van der Waals surface area contributed by atoms with E-state index in [1.165, 1.54) is 0 Å². The van der Waals surface area contributed by atoms with Gasteiger partial charge in [-0.25, -0.2) is 9.98 Å². The Bertz CT molecular complexity index is 104. The molecule has 3 heteroatoms. The van der Waals surface area contributed by atoms with Gasteiger partial charge < -0.3 is 0 Å². The number of aliphatic imine (C=N–C) groups is 2. The molecule has 0 aliphatic carbocycles. The molecule has 0 rings (SSSR count). The molecule has 0 atom stereocenters. The van der Waals surface area contributed by atoms with Crippen molar-refractivity contribution in [1.29, 1.82) is 5.41 Å². The molecule has 0 saturated heterocycles. The lowest BCUT2D eigenvalue weighted by Gasteiger charge is -1.78. The lowest BCUT2D eigenvalue weighted by molar-refractivity contribution is 1.48. The van der Waals surface area contributed by atoms with E-state index >= 15 is 0 Å². The predicted molar refractivity (Wildman–Crippen MR) is 31.4 cm³/mol. The topological polar surface area (TPSA) is 48.6 Å². The van der Waals surface area contributed by atoms with Gasteiger partial charge in [0.25, 0.3) is 0 Å². The molecule has 7 heavy (non-hydrogen) atoms. The molecule has 0 bridgehead atoms. The smallest absolute Gasteiger partial charge is 0.126 e. The summed E-state index contributed by atoms with van der Waals surface area (Å²) < 4.78 is 0. The Morgan fingerprint density at radius 3 is 2.57 bits per heavy atom. The first kappa shape index (κ1) is 6.01. The zero-order chi connectivity index (χ0) is 5.70. The van der Waals surface area contributed by atoms with Crippen molar-refractivity contribution >= 4 is 18.9 Å². The molecule has 0 aromatic heterocycles. The van der Waals surface area contributed by atoms with Crippen LogP contribution in [-0.2, 0) is 0 Å². The summed E-state index contributed by atoms with van der Waals surface area (Å²) in [6.07, 6.45) is 0.935. The first-order chi connectivity index (χ1) is 3.31. The maximum atomic E-state index is 6.44. The SMILES string of the molecule is C=N/C(C)=N\C=N. The summed E-state index contributed by atoms with van der Waals surface area (Å²) in [5.74, 6) is 0.523. The second kappa shape index (κ2) is 3.21. The van der Waals surface area contributed by atoms with Crippen molar-refractivity contribution in [2.24, 2.45) is 9.98 Å². The van der Waals surface area contributed by atoms with Crippen LogP contribution in [0.1, 0.15) is 6.92 Å². The van der Waals surface area contributed by atoms with E-state index in [0.717, 1.165) is 6.34 Å². The summed E-state index contributed by atoms with van der Waals surface area (Å²) in [6.45, 7) is 4.87. The fraction of sp³-hybridized carbons (Fsp3) is 0.250. The van der Waals surface area contributed by atoms with E-state index in [-0.39, 0.29) is 0 Å². The highest BCUT2D eigenvalue weighted by atomic mass is 14.9. The second-order valence-corrected chi connectivity index (χ2v) is 0.964. The maximum absolute atomic E-state index is 6.44. The molecule has 0 spiro atoms. The van der Waals surface area contributed by atoms with E-state index in [0.29, 0.717) is 5.84 Å². The van der Waals surface area contributed by atoms with Gasteiger partial charge in [0.15, 0.2) is 0 Å². The minimum absolute atomic E-state index is 0.523. The van der Waals surface area contributed by atoms with Gasteiger partial charge >= 0.3 is 0 Å². The highest BCUT2D eigenvalue weighted by Gasteiger charge is 1.72. The molecule has 0 saturated carbocycles. The van der Waals surface area contributed by atoms with Crippen molar-refractivity contribution in [3.63, 3.8) is 0 Å². The largest absolute Gasteiger partial charge is 0.289 e. The molecular weight excluding hydrogens is 90.1 g/mol. The average Bonchev–Trinajstić information content (AvgIpc) is 1.68. The first-order valence-corrected chi connectivity index (χ1v) is 1.81. The molecule has 0 radical (unpaired) electrons. The highest BCUT2D eigenvalue weighted by molar-refractivity contribution is 5.89. The van der Waals surface area contributed by atoms with Crippen molar-refractivity contribution in [3.05, 3.63) is 0 Å². The van der Waals surface area contributed by atoms with Crippen molar-refractivity contribution in [2.75, 3.05) is 0 Å². The molecular formula is C4H7N3. The molecule has 0 amide bonds. The molecule has 0 fully saturated rings. The number of hydrogen-bond acceptors (Lipinski definition) is 1. The summed E-state index contributed by atoms with van der Waals surface area (Å²) in [5.41, 5.74) is 0. The summed E-state index contributed by atoms with van der Waals surface area (Å²) in [6, 6.07) is 0. The Morgan fingerprint density at radius 1 is 1.86 bits per heavy atom. The molecule has 0 aliphatic heterocycles. The third-order valence-electron chi connectivity index (χ3n) is 0.480. The fourth-order valence-electron chi connectivity index (χ4n) is 0.134. The van der Waals surface area contributed by atoms with Crippen molar-refractivity contribution in [2.45, 2.75) is 6.92 Å². The highest BCUT2D eigenvalue weighted by Crippen LogP contribution is 1.70. The van der Waals surface area contributed by atoms with Gasteiger partial charge in [0.05, 0.1) is 0 Å². The number of hydrogen-bond donors (Lipinski definition) is 1. The molecule has 3 nitrogen and oxygen atoms in total. The van der Waals surface area contributed by atoms with E-state index in [2.05, 4.69) is 16.7 Å². The molecule has 0 unspecified atom stereocenters. The van der Waals surface area contributed by atoms with Crippen LogP contribution in [0.3, 0.4) is 0 Å². The Hall–Kier alpha value is -0.990. The Balaban J connectivity index is 3.72. The number of nitrogens with zero attached hydrogens (tertiary/aromatic N) is 2. The standard InChI is InChI=1S/C4H7N3/c1-4(6-2)7-3-5/h3,5H,2H2,1H3/b5-3?,7-4-. The van der Waals surface area contributed by atoms with E-state index in [1.54, 1.807) is 6.92 Å². The van der Waals surface area contributed by atoms with E-state index in [9.17, 15) is 0 Å². The zero-order valence-corrected chi connectivity index (χ0v) is 4.18. The molecule has 0 aromatic rings. The number of nitrogens with one attached hydrogen (secondary N) is 1. The van der Waals surface area contributed by atoms with Crippen molar-refractivity contribution in [1.82, 2.24) is 0 Å². The van der Waals surface area contributed by atoms with Crippen LogP contribution < -0.4 is 0 Å². The van der Waals surface area contributed by atoms with Gasteiger partial charge in [-0.05, 0) is 13.6 Å². The van der Waals surface area contributed by atoms with Gasteiger partial charge in [0, 0.05) is 0 Å². The van der Waals surface area contributed by atoms with Crippen LogP contribution >= 0.6 is 0 Å². The molecule has 38 valence electrons. The average molecular weight is 97.1 g/mol. The van der Waals surface area contributed by atoms with Crippen molar-refractivity contribution in [3.8, 4) is 0 Å². The van der Waals surface area contributed by atoms with Crippen LogP contribution in [-0.4, -0.2) is 18.9 Å². The quantitative estimate of drug-likeness (QED) is 0.370. The predicted octanol–water partition coefficient (Wildman–Crippen LogP) is 0.712. The molecule has 0 heterocycles. The fourth-order valence-corrected chi connectivity index (χ4v) is 0.134. The monoisotopic (exact) mass is 97.1 g/mol. The van der Waals surface area contributed by atoms with E-state index in [1.807, 2.05) is 0 Å². The van der Waals surface area contributed by atoms with Crippen LogP contribution in [0.5, 0.6) is 0 Å². The van der Waals surface area contributed by atoms with Crippen LogP contribution in [0, 0.1) is 5.41 Å². The van der Waals surface area contributed by atoms with Crippen LogP contribution in [0.25, 0.3) is 0 Å². The van der Waals surface area contributed by atoms with E-state index in [4.69, 9.17) is 5.41 Å². The maximum Gasteiger partial charge on any atom is 0.126 e. The van der Waals surface area contributed by atoms with Crippen LogP contribution in [0.4, 0.5) is 0 Å². The summed E-state index contributed by atoms with van der Waals surface area (Å²) in [5, 5.41) is 6.44. The lowest BCUT2D eigenvalue weighted by Crippen LogP contribution is -1.81. The van der Waals surface area contributed by atoms with Crippen LogP contribution in [0.15, 0.2) is 9.98 Å². The Kier molecular flexibility index (Phi) is 2.76. The summed E-state index contributed by atoms with van der Waals surface area (Å²) in [7, 11) is 0.